The van der Waals surface area contributed by atoms with Crippen LogP contribution in [0.15, 0.2) is 24.3 Å². The van der Waals surface area contributed by atoms with Crippen molar-refractivity contribution in [1.82, 2.24) is 20.4 Å². The molecule has 2 aliphatic rings. The lowest BCUT2D eigenvalue weighted by Gasteiger charge is -2.35. The number of nitrogens with one attached hydrogen (secondary N) is 2. The first-order chi connectivity index (χ1) is 15.0. The van der Waals surface area contributed by atoms with Crippen LogP contribution in [-0.4, -0.2) is 67.9 Å². The van der Waals surface area contributed by atoms with Gasteiger partial charge in [0.05, 0.1) is 13.1 Å². The highest BCUT2D eigenvalue weighted by Crippen LogP contribution is 2.33. The van der Waals surface area contributed by atoms with Gasteiger partial charge in [0, 0.05) is 39.3 Å². The highest BCUT2D eigenvalue weighted by molar-refractivity contribution is 5.79. The SMILES string of the molecule is CNC(=O)CN1CCN(C(=O)CN[C@@H](c2ccc(C3CCCCC3)cc2)C(C)C)CC1. The van der Waals surface area contributed by atoms with Crippen molar-refractivity contribution in [2.24, 2.45) is 5.92 Å². The van der Waals surface area contributed by atoms with Crippen molar-refractivity contribution in [2.75, 3.05) is 46.3 Å². The number of carbonyl (C=O) groups excluding carboxylic acids is 2. The number of amides is 2. The van der Waals surface area contributed by atoms with E-state index in [9.17, 15) is 9.59 Å². The Morgan fingerprint density at radius 2 is 1.65 bits per heavy atom. The summed E-state index contributed by atoms with van der Waals surface area (Å²) >= 11 is 0. The minimum Gasteiger partial charge on any atom is -0.358 e. The number of rotatable bonds is 8. The molecule has 0 bridgehead atoms. The van der Waals surface area contributed by atoms with Crippen LogP contribution in [0.5, 0.6) is 0 Å². The second-order valence-electron chi connectivity index (χ2n) is 9.43. The van der Waals surface area contributed by atoms with Crippen molar-refractivity contribution < 1.29 is 9.59 Å². The average Bonchev–Trinajstić information content (AvgIpc) is 2.80. The molecule has 1 saturated carbocycles. The highest BCUT2D eigenvalue weighted by atomic mass is 16.2. The standard InChI is InChI=1S/C25H40N4O2/c1-19(2)25(22-11-9-21(10-12-22)20-7-5-4-6-8-20)27-17-24(31)29-15-13-28(14-16-29)18-23(30)26-3/h9-12,19-20,25,27H,4-8,13-18H2,1-3H3,(H,26,30)/t25-/m1/s1. The summed E-state index contributed by atoms with van der Waals surface area (Å²) in [5.41, 5.74) is 2.73. The molecule has 1 aliphatic heterocycles. The molecule has 1 saturated heterocycles. The molecule has 172 valence electrons. The van der Waals surface area contributed by atoms with Crippen LogP contribution in [0.2, 0.25) is 0 Å². The first-order valence-electron chi connectivity index (χ1n) is 12.0. The zero-order chi connectivity index (χ0) is 22.2. The van der Waals surface area contributed by atoms with Crippen LogP contribution in [0.25, 0.3) is 0 Å². The Balaban J connectivity index is 1.50. The Morgan fingerprint density at radius 3 is 2.23 bits per heavy atom. The highest BCUT2D eigenvalue weighted by Gasteiger charge is 2.24. The van der Waals surface area contributed by atoms with E-state index >= 15 is 0 Å². The molecule has 0 aromatic heterocycles. The maximum atomic E-state index is 12.8. The van der Waals surface area contributed by atoms with E-state index in [4.69, 9.17) is 0 Å². The van der Waals surface area contributed by atoms with Gasteiger partial charge in [-0.15, -0.1) is 0 Å². The summed E-state index contributed by atoms with van der Waals surface area (Å²) in [6.07, 6.45) is 6.72. The lowest BCUT2D eigenvalue weighted by atomic mass is 9.83. The molecule has 1 atom stereocenters. The molecule has 2 fully saturated rings. The Bertz CT molecular complexity index is 705. The molecule has 6 nitrogen and oxygen atoms in total. The quantitative estimate of drug-likeness (QED) is 0.668. The molecule has 0 radical (unpaired) electrons. The van der Waals surface area contributed by atoms with Gasteiger partial charge in [0.25, 0.3) is 0 Å². The predicted octanol–water partition coefficient (Wildman–Crippen LogP) is 2.91. The molecule has 1 aromatic rings. The Labute approximate surface area is 187 Å². The third-order valence-corrected chi connectivity index (χ3v) is 6.88. The number of hydrogen-bond acceptors (Lipinski definition) is 4. The van der Waals surface area contributed by atoms with Crippen molar-refractivity contribution >= 4 is 11.8 Å². The van der Waals surface area contributed by atoms with Gasteiger partial charge in [0.15, 0.2) is 0 Å². The smallest absolute Gasteiger partial charge is 0.236 e. The van der Waals surface area contributed by atoms with E-state index in [-0.39, 0.29) is 17.9 Å². The summed E-state index contributed by atoms with van der Waals surface area (Å²) in [7, 11) is 1.66. The fourth-order valence-corrected chi connectivity index (χ4v) is 4.90. The van der Waals surface area contributed by atoms with Crippen LogP contribution >= 0.6 is 0 Å². The molecule has 3 rings (SSSR count). The number of hydrogen-bond donors (Lipinski definition) is 2. The zero-order valence-corrected chi connectivity index (χ0v) is 19.5. The molecular weight excluding hydrogens is 388 g/mol. The molecule has 2 N–H and O–H groups in total. The normalized spacial score (nSPS) is 19.4. The van der Waals surface area contributed by atoms with Crippen molar-refractivity contribution in [3.05, 3.63) is 35.4 Å². The van der Waals surface area contributed by atoms with Gasteiger partial charge in [-0.2, -0.15) is 0 Å². The van der Waals surface area contributed by atoms with Gasteiger partial charge in [-0.1, -0.05) is 57.4 Å². The van der Waals surface area contributed by atoms with Gasteiger partial charge in [0.2, 0.25) is 11.8 Å². The second-order valence-corrected chi connectivity index (χ2v) is 9.43. The number of nitrogens with zero attached hydrogens (tertiary/aromatic N) is 2. The molecule has 1 aromatic carbocycles. The van der Waals surface area contributed by atoms with Crippen LogP contribution in [0.3, 0.4) is 0 Å². The van der Waals surface area contributed by atoms with Gasteiger partial charge in [0.1, 0.15) is 0 Å². The van der Waals surface area contributed by atoms with Gasteiger partial charge in [-0.25, -0.2) is 0 Å². The van der Waals surface area contributed by atoms with E-state index in [0.29, 0.717) is 32.1 Å². The van der Waals surface area contributed by atoms with Crippen molar-refractivity contribution in [3.8, 4) is 0 Å². The monoisotopic (exact) mass is 428 g/mol. The number of piperazine rings is 1. The maximum absolute atomic E-state index is 12.8. The van der Waals surface area contributed by atoms with Crippen molar-refractivity contribution in [1.29, 1.82) is 0 Å². The Hall–Kier alpha value is -1.92. The van der Waals surface area contributed by atoms with Crippen LogP contribution in [-0.2, 0) is 9.59 Å². The van der Waals surface area contributed by atoms with E-state index in [1.165, 1.54) is 43.2 Å². The molecular formula is C25H40N4O2. The van der Waals surface area contributed by atoms with Gasteiger partial charge in [-0.05, 0) is 35.8 Å². The third kappa shape index (κ3) is 6.78. The number of carbonyl (C=O) groups is 2. The fourth-order valence-electron chi connectivity index (χ4n) is 4.90. The summed E-state index contributed by atoms with van der Waals surface area (Å²) in [5.74, 6) is 1.29. The van der Waals surface area contributed by atoms with Crippen LogP contribution in [0.4, 0.5) is 0 Å². The predicted molar refractivity (Wildman–Crippen MR) is 125 cm³/mol. The molecule has 0 unspecified atom stereocenters. The van der Waals surface area contributed by atoms with Gasteiger partial charge in [-0.3, -0.25) is 14.5 Å². The van der Waals surface area contributed by atoms with Gasteiger partial charge >= 0.3 is 0 Å². The maximum Gasteiger partial charge on any atom is 0.236 e. The van der Waals surface area contributed by atoms with E-state index in [1.54, 1.807) is 7.05 Å². The molecule has 1 aliphatic carbocycles. The van der Waals surface area contributed by atoms with E-state index in [1.807, 2.05) is 4.90 Å². The topological polar surface area (TPSA) is 64.7 Å². The first-order valence-corrected chi connectivity index (χ1v) is 12.0. The molecule has 31 heavy (non-hydrogen) atoms. The minimum atomic E-state index is 0.0238. The first kappa shape index (κ1) is 23.7. The molecule has 0 spiro atoms. The summed E-state index contributed by atoms with van der Waals surface area (Å²) < 4.78 is 0. The lowest BCUT2D eigenvalue weighted by molar-refractivity contribution is -0.132. The molecule has 6 heteroatoms. The van der Waals surface area contributed by atoms with E-state index in [2.05, 4.69) is 53.6 Å². The fraction of sp³-hybridized carbons (Fsp3) is 0.680. The summed E-state index contributed by atoms with van der Waals surface area (Å²) in [4.78, 5) is 28.3. The van der Waals surface area contributed by atoms with E-state index < -0.39 is 0 Å². The van der Waals surface area contributed by atoms with Crippen molar-refractivity contribution in [2.45, 2.75) is 57.9 Å². The summed E-state index contributed by atoms with van der Waals surface area (Å²) in [5, 5.41) is 6.17. The number of benzene rings is 1. The zero-order valence-electron chi connectivity index (χ0n) is 19.5. The second kappa shape index (κ2) is 11.6. The van der Waals surface area contributed by atoms with Crippen molar-refractivity contribution in [3.63, 3.8) is 0 Å². The minimum absolute atomic E-state index is 0.0238. The van der Waals surface area contributed by atoms with Crippen LogP contribution in [0, 0.1) is 5.92 Å². The Morgan fingerprint density at radius 1 is 1.00 bits per heavy atom. The molecule has 2 amide bonds. The van der Waals surface area contributed by atoms with Gasteiger partial charge < -0.3 is 15.5 Å². The van der Waals surface area contributed by atoms with Crippen LogP contribution in [0.1, 0.15) is 69.0 Å². The Kier molecular flexibility index (Phi) is 8.90. The lowest BCUT2D eigenvalue weighted by Crippen LogP contribution is -2.52. The average molecular weight is 429 g/mol. The molecule has 1 heterocycles. The summed E-state index contributed by atoms with van der Waals surface area (Å²) in [6, 6.07) is 9.28. The number of likely N-dealkylation sites (N-methyl/N-ethyl adjacent to an activating group) is 1. The van der Waals surface area contributed by atoms with Crippen LogP contribution < -0.4 is 10.6 Å². The third-order valence-electron chi connectivity index (χ3n) is 6.88. The van der Waals surface area contributed by atoms with E-state index in [0.717, 1.165) is 19.0 Å². The largest absolute Gasteiger partial charge is 0.358 e. The summed E-state index contributed by atoms with van der Waals surface area (Å²) in [6.45, 7) is 8.01.